The van der Waals surface area contributed by atoms with Gasteiger partial charge in [-0.1, -0.05) is 48.5 Å². The van der Waals surface area contributed by atoms with Crippen molar-refractivity contribution >= 4 is 22.8 Å². The Morgan fingerprint density at radius 2 is 1.81 bits per heavy atom. The number of carbonyl (C=O) groups is 1. The fourth-order valence-electron chi connectivity index (χ4n) is 2.75. The molecule has 0 amide bonds. The molecule has 5 heteroatoms. The molecule has 5 nitrogen and oxygen atoms in total. The van der Waals surface area contributed by atoms with E-state index >= 15 is 0 Å². The molecule has 0 aliphatic carbocycles. The van der Waals surface area contributed by atoms with Gasteiger partial charge >= 0.3 is 5.63 Å². The van der Waals surface area contributed by atoms with E-state index < -0.39 is 11.4 Å². The first-order chi connectivity index (χ1) is 12.7. The van der Waals surface area contributed by atoms with Gasteiger partial charge in [0.2, 0.25) is 0 Å². The normalized spacial score (nSPS) is 11.2. The maximum absolute atomic E-state index is 12.5. The summed E-state index contributed by atoms with van der Waals surface area (Å²) >= 11 is 0. The Morgan fingerprint density at radius 3 is 2.65 bits per heavy atom. The number of H-pyrrole nitrogens is 1. The van der Waals surface area contributed by atoms with E-state index in [9.17, 15) is 9.59 Å². The Balaban J connectivity index is 1.67. The molecule has 0 saturated heterocycles. The average molecular weight is 342 g/mol. The molecule has 0 aliphatic rings. The van der Waals surface area contributed by atoms with Crippen LogP contribution in [0.15, 0.2) is 82.1 Å². The number of nitrogens with one attached hydrogen (secondary N) is 1. The second kappa shape index (κ2) is 6.64. The SMILES string of the molecule is O=C(/C=C/c1cn[nH]c1-c1ccccc1)c1cc2ccccc2oc1=O. The number of aromatic nitrogens is 2. The first-order valence-corrected chi connectivity index (χ1v) is 8.06. The van der Waals surface area contributed by atoms with Crippen LogP contribution in [0.2, 0.25) is 0 Å². The zero-order valence-electron chi connectivity index (χ0n) is 13.7. The largest absolute Gasteiger partial charge is 0.422 e. The van der Waals surface area contributed by atoms with Crippen LogP contribution in [0.1, 0.15) is 15.9 Å². The second-order valence-corrected chi connectivity index (χ2v) is 5.75. The summed E-state index contributed by atoms with van der Waals surface area (Å²) in [5.74, 6) is -0.412. The van der Waals surface area contributed by atoms with Crippen molar-refractivity contribution in [2.45, 2.75) is 0 Å². The maximum atomic E-state index is 12.5. The van der Waals surface area contributed by atoms with Crippen molar-refractivity contribution in [3.05, 3.63) is 94.5 Å². The molecule has 0 bridgehead atoms. The summed E-state index contributed by atoms with van der Waals surface area (Å²) in [7, 11) is 0. The van der Waals surface area contributed by atoms with Crippen LogP contribution < -0.4 is 5.63 Å². The number of nitrogens with zero attached hydrogens (tertiary/aromatic N) is 1. The number of para-hydroxylation sites is 1. The van der Waals surface area contributed by atoms with E-state index in [4.69, 9.17) is 4.42 Å². The molecule has 0 spiro atoms. The molecule has 0 radical (unpaired) electrons. The molecule has 2 aromatic heterocycles. The number of hydrogen-bond acceptors (Lipinski definition) is 4. The van der Waals surface area contributed by atoms with Gasteiger partial charge in [0.05, 0.1) is 11.9 Å². The van der Waals surface area contributed by atoms with Crippen LogP contribution in [0.5, 0.6) is 0 Å². The Hall–Kier alpha value is -3.73. The van der Waals surface area contributed by atoms with Crippen LogP contribution >= 0.6 is 0 Å². The molecule has 0 aliphatic heterocycles. The smallest absolute Gasteiger partial charge is 0.347 e. The minimum absolute atomic E-state index is 0.00436. The lowest BCUT2D eigenvalue weighted by molar-refractivity contribution is 0.104. The zero-order chi connectivity index (χ0) is 17.9. The van der Waals surface area contributed by atoms with Gasteiger partial charge in [-0.15, -0.1) is 0 Å². The van der Waals surface area contributed by atoms with E-state index in [-0.39, 0.29) is 5.56 Å². The molecular weight excluding hydrogens is 328 g/mol. The van der Waals surface area contributed by atoms with Gasteiger partial charge in [-0.25, -0.2) is 4.79 Å². The van der Waals surface area contributed by atoms with Gasteiger partial charge in [-0.2, -0.15) is 5.10 Å². The van der Waals surface area contributed by atoms with E-state index in [1.807, 2.05) is 36.4 Å². The minimum Gasteiger partial charge on any atom is -0.422 e. The number of aromatic amines is 1. The number of carbonyl (C=O) groups excluding carboxylic acids is 1. The fourth-order valence-corrected chi connectivity index (χ4v) is 2.75. The predicted octanol–water partition coefficient (Wildman–Crippen LogP) is 4.08. The highest BCUT2D eigenvalue weighted by molar-refractivity contribution is 6.08. The van der Waals surface area contributed by atoms with Gasteiger partial charge < -0.3 is 4.42 Å². The van der Waals surface area contributed by atoms with Crippen LogP contribution in [0.3, 0.4) is 0 Å². The van der Waals surface area contributed by atoms with Gasteiger partial charge in [0.15, 0.2) is 5.78 Å². The molecule has 2 heterocycles. The van der Waals surface area contributed by atoms with E-state index in [1.165, 1.54) is 6.08 Å². The number of allylic oxidation sites excluding steroid dienone is 1. The van der Waals surface area contributed by atoms with Gasteiger partial charge in [0.25, 0.3) is 0 Å². The van der Waals surface area contributed by atoms with Crippen LogP contribution in [-0.4, -0.2) is 16.0 Å². The second-order valence-electron chi connectivity index (χ2n) is 5.75. The molecule has 4 rings (SSSR count). The molecule has 26 heavy (non-hydrogen) atoms. The van der Waals surface area contributed by atoms with E-state index in [2.05, 4.69) is 10.2 Å². The number of rotatable bonds is 4. The third-order valence-corrected chi connectivity index (χ3v) is 4.05. The number of hydrogen-bond donors (Lipinski definition) is 1. The molecular formula is C21H14N2O3. The summed E-state index contributed by atoms with van der Waals surface area (Å²) in [6.45, 7) is 0. The monoisotopic (exact) mass is 342 g/mol. The Labute approximate surface area is 148 Å². The van der Waals surface area contributed by atoms with Crippen molar-refractivity contribution in [3.8, 4) is 11.3 Å². The average Bonchev–Trinajstić information content (AvgIpc) is 3.15. The molecule has 0 unspecified atom stereocenters. The van der Waals surface area contributed by atoms with E-state index in [0.717, 1.165) is 16.8 Å². The van der Waals surface area contributed by atoms with Crippen molar-refractivity contribution in [2.24, 2.45) is 0 Å². The lowest BCUT2D eigenvalue weighted by Gasteiger charge is -2.00. The summed E-state index contributed by atoms with van der Waals surface area (Å²) < 4.78 is 5.22. The number of benzene rings is 2. The maximum Gasteiger partial charge on any atom is 0.347 e. The van der Waals surface area contributed by atoms with Gasteiger partial charge in [0, 0.05) is 16.5 Å². The number of fused-ring (bicyclic) bond motifs is 1. The first-order valence-electron chi connectivity index (χ1n) is 8.06. The highest BCUT2D eigenvalue weighted by Gasteiger charge is 2.12. The van der Waals surface area contributed by atoms with Crippen LogP contribution in [0.4, 0.5) is 0 Å². The quantitative estimate of drug-likeness (QED) is 0.344. The van der Waals surface area contributed by atoms with Gasteiger partial charge in [0.1, 0.15) is 11.1 Å². The molecule has 4 aromatic rings. The van der Waals surface area contributed by atoms with Crippen LogP contribution in [0.25, 0.3) is 28.3 Å². The van der Waals surface area contributed by atoms with Crippen LogP contribution in [-0.2, 0) is 0 Å². The summed E-state index contributed by atoms with van der Waals surface area (Å²) in [5, 5.41) is 7.67. The molecule has 0 fully saturated rings. The molecule has 126 valence electrons. The number of ketones is 1. The fraction of sp³-hybridized carbons (Fsp3) is 0. The standard InChI is InChI=1S/C21H14N2O3/c24-18(17-12-15-8-4-5-9-19(15)26-21(17)25)11-10-16-13-22-23-20(16)14-6-2-1-3-7-14/h1-13H,(H,22,23)/b11-10+. The molecule has 0 atom stereocenters. The third kappa shape index (κ3) is 2.98. The zero-order valence-corrected chi connectivity index (χ0v) is 13.7. The summed E-state index contributed by atoms with van der Waals surface area (Å²) in [6, 6.07) is 18.3. The van der Waals surface area contributed by atoms with Crippen LogP contribution in [0, 0.1) is 0 Å². The van der Waals surface area contributed by atoms with Crippen molar-refractivity contribution in [3.63, 3.8) is 0 Å². The Morgan fingerprint density at radius 1 is 1.04 bits per heavy atom. The highest BCUT2D eigenvalue weighted by Crippen LogP contribution is 2.22. The highest BCUT2D eigenvalue weighted by atomic mass is 16.4. The Bertz CT molecular complexity index is 1170. The first kappa shape index (κ1) is 15.8. The molecule has 2 aromatic carbocycles. The third-order valence-electron chi connectivity index (χ3n) is 4.05. The molecule has 0 saturated carbocycles. The van der Waals surface area contributed by atoms with Gasteiger partial charge in [-0.05, 0) is 24.3 Å². The van der Waals surface area contributed by atoms with E-state index in [0.29, 0.717) is 11.0 Å². The topological polar surface area (TPSA) is 76.0 Å². The van der Waals surface area contributed by atoms with Crippen molar-refractivity contribution in [1.29, 1.82) is 0 Å². The Kier molecular flexibility index (Phi) is 4.03. The summed E-state index contributed by atoms with van der Waals surface area (Å²) in [6.07, 6.45) is 4.64. The van der Waals surface area contributed by atoms with Crippen molar-refractivity contribution < 1.29 is 9.21 Å². The van der Waals surface area contributed by atoms with Gasteiger partial charge in [-0.3, -0.25) is 9.89 Å². The molecule has 1 N–H and O–H groups in total. The summed E-state index contributed by atoms with van der Waals surface area (Å²) in [5.41, 5.74) is 2.34. The minimum atomic E-state index is -0.645. The predicted molar refractivity (Wildman–Crippen MR) is 99.9 cm³/mol. The lowest BCUT2D eigenvalue weighted by atomic mass is 10.1. The van der Waals surface area contributed by atoms with E-state index in [1.54, 1.807) is 36.5 Å². The lowest BCUT2D eigenvalue weighted by Crippen LogP contribution is -2.11. The van der Waals surface area contributed by atoms with Crippen molar-refractivity contribution in [1.82, 2.24) is 10.2 Å². The van der Waals surface area contributed by atoms with Crippen molar-refractivity contribution in [2.75, 3.05) is 0 Å². The summed E-state index contributed by atoms with van der Waals surface area (Å²) in [4.78, 5) is 24.6.